The van der Waals surface area contributed by atoms with Crippen molar-refractivity contribution in [3.63, 3.8) is 0 Å². The van der Waals surface area contributed by atoms with Gasteiger partial charge < -0.3 is 0 Å². The molecule has 0 aromatic carbocycles. The van der Waals surface area contributed by atoms with Crippen molar-refractivity contribution in [3.8, 4) is 0 Å². The average molecular weight is 229 g/mol. The highest BCUT2D eigenvalue weighted by molar-refractivity contribution is 6.29. The number of carbonyl (C=O) groups is 1. The van der Waals surface area contributed by atoms with Crippen molar-refractivity contribution in [1.82, 2.24) is 10.2 Å². The van der Waals surface area contributed by atoms with E-state index >= 15 is 0 Å². The number of Topliss-reactive ketones (excluding diaryl/α,β-unsaturated/α-hetero) is 1. The van der Waals surface area contributed by atoms with Crippen LogP contribution in [0.1, 0.15) is 49.7 Å². The van der Waals surface area contributed by atoms with Gasteiger partial charge in [-0.1, -0.05) is 32.4 Å². The molecular formula is C11H17ClN2O. The van der Waals surface area contributed by atoms with Gasteiger partial charge in [0.05, 0.1) is 0 Å². The van der Waals surface area contributed by atoms with Crippen LogP contribution in [0.5, 0.6) is 0 Å². The van der Waals surface area contributed by atoms with Gasteiger partial charge in [-0.05, 0) is 25.0 Å². The van der Waals surface area contributed by atoms with E-state index in [1.54, 1.807) is 6.07 Å². The first-order valence-corrected chi connectivity index (χ1v) is 5.56. The van der Waals surface area contributed by atoms with Crippen LogP contribution in [-0.2, 0) is 0 Å². The molecule has 0 saturated heterocycles. The van der Waals surface area contributed by atoms with Crippen molar-refractivity contribution in [2.24, 2.45) is 0 Å². The van der Waals surface area contributed by atoms with Gasteiger partial charge >= 0.3 is 0 Å². The van der Waals surface area contributed by atoms with Crippen LogP contribution in [-0.4, -0.2) is 16.0 Å². The van der Waals surface area contributed by atoms with Crippen molar-refractivity contribution in [3.05, 3.63) is 22.5 Å². The number of nitrogens with zero attached hydrogens (tertiary/aromatic N) is 2. The van der Waals surface area contributed by atoms with Gasteiger partial charge in [0.15, 0.2) is 10.9 Å². The third kappa shape index (κ3) is 4.38. The van der Waals surface area contributed by atoms with Crippen LogP contribution in [0.15, 0.2) is 6.07 Å². The lowest BCUT2D eigenvalue weighted by Gasteiger charge is -2.01. The number of carbonyl (C=O) groups excluding carboxylic acids is 1. The van der Waals surface area contributed by atoms with Gasteiger partial charge in [-0.25, -0.2) is 0 Å². The smallest absolute Gasteiger partial charge is 0.183 e. The van der Waals surface area contributed by atoms with Crippen molar-refractivity contribution in [1.29, 1.82) is 0 Å². The van der Waals surface area contributed by atoms with Gasteiger partial charge in [-0.2, -0.15) is 0 Å². The van der Waals surface area contributed by atoms with E-state index in [0.29, 0.717) is 17.3 Å². The summed E-state index contributed by atoms with van der Waals surface area (Å²) in [5.41, 5.74) is 1.23. The maximum atomic E-state index is 11.4. The van der Waals surface area contributed by atoms with E-state index in [1.165, 1.54) is 0 Å². The lowest BCUT2D eigenvalue weighted by Crippen LogP contribution is -2.05. The van der Waals surface area contributed by atoms with Crippen molar-refractivity contribution >= 4 is 17.4 Å². The summed E-state index contributed by atoms with van der Waals surface area (Å²) in [6.07, 6.45) is 1.33. The van der Waals surface area contributed by atoms with Gasteiger partial charge in [-0.3, -0.25) is 4.79 Å². The first-order valence-electron chi connectivity index (χ1n) is 5.18. The topological polar surface area (TPSA) is 42.9 Å². The highest BCUT2D eigenvalue weighted by Gasteiger charge is 2.10. The number of aryl methyl sites for hydroxylation is 1. The zero-order valence-electron chi connectivity index (χ0n) is 9.67. The molecule has 0 radical (unpaired) electrons. The van der Waals surface area contributed by atoms with E-state index < -0.39 is 0 Å². The molecule has 0 aliphatic carbocycles. The fourth-order valence-electron chi connectivity index (χ4n) is 1.07. The minimum Gasteiger partial charge on any atom is -0.292 e. The molecule has 3 nitrogen and oxygen atoms in total. The standard InChI is InChI=1S/C9H11ClN2O.C2H6/c1-3-4-7(13)9-6(2)5-8(10)11-12-9;1-2/h5H,3-4H2,1-2H3;1-2H3. The van der Waals surface area contributed by atoms with Gasteiger partial charge in [0.1, 0.15) is 5.69 Å². The van der Waals surface area contributed by atoms with Gasteiger partial charge in [0, 0.05) is 6.42 Å². The van der Waals surface area contributed by atoms with Crippen LogP contribution in [0.4, 0.5) is 0 Å². The van der Waals surface area contributed by atoms with Crippen LogP contribution in [0.3, 0.4) is 0 Å². The molecule has 84 valence electrons. The minimum absolute atomic E-state index is 0.0316. The van der Waals surface area contributed by atoms with Gasteiger partial charge in [-0.15, -0.1) is 10.2 Å². The normalized spacial score (nSPS) is 9.13. The Bertz CT molecular complexity index is 326. The molecule has 0 bridgehead atoms. The first kappa shape index (κ1) is 14.0. The molecule has 1 heterocycles. The zero-order chi connectivity index (χ0) is 11.8. The Labute approximate surface area is 95.9 Å². The van der Waals surface area contributed by atoms with E-state index in [1.807, 2.05) is 27.7 Å². The fraction of sp³-hybridized carbons (Fsp3) is 0.545. The molecule has 1 aromatic heterocycles. The molecule has 0 atom stereocenters. The second-order valence-corrected chi connectivity index (χ2v) is 3.26. The summed E-state index contributed by atoms with van der Waals surface area (Å²) in [4.78, 5) is 11.4. The van der Waals surface area contributed by atoms with Crippen LogP contribution < -0.4 is 0 Å². The van der Waals surface area contributed by atoms with E-state index in [-0.39, 0.29) is 5.78 Å². The van der Waals surface area contributed by atoms with Crippen LogP contribution >= 0.6 is 11.6 Å². The Morgan fingerprint density at radius 2 is 2.00 bits per heavy atom. The predicted octanol–water partition coefficient (Wildman–Crippen LogP) is 3.45. The molecule has 1 rings (SSSR count). The molecule has 0 aliphatic heterocycles. The summed E-state index contributed by atoms with van der Waals surface area (Å²) < 4.78 is 0. The molecule has 0 spiro atoms. The summed E-state index contributed by atoms with van der Waals surface area (Å²) in [6.45, 7) is 7.76. The van der Waals surface area contributed by atoms with Crippen molar-refractivity contribution in [2.45, 2.75) is 40.5 Å². The lowest BCUT2D eigenvalue weighted by molar-refractivity contribution is 0.0975. The molecule has 0 fully saturated rings. The number of rotatable bonds is 3. The number of hydrogen-bond acceptors (Lipinski definition) is 3. The largest absolute Gasteiger partial charge is 0.292 e. The third-order valence-corrected chi connectivity index (χ3v) is 1.88. The maximum absolute atomic E-state index is 11.4. The van der Waals surface area contributed by atoms with Crippen molar-refractivity contribution in [2.75, 3.05) is 0 Å². The van der Waals surface area contributed by atoms with Crippen LogP contribution in [0.2, 0.25) is 5.15 Å². The lowest BCUT2D eigenvalue weighted by atomic mass is 10.1. The number of hydrogen-bond donors (Lipinski definition) is 0. The first-order chi connectivity index (χ1) is 7.15. The Balaban J connectivity index is 0.000000921. The molecule has 0 saturated carbocycles. The average Bonchev–Trinajstić information content (AvgIpc) is 2.21. The molecule has 0 aliphatic rings. The Morgan fingerprint density at radius 1 is 1.40 bits per heavy atom. The Morgan fingerprint density at radius 3 is 2.47 bits per heavy atom. The predicted molar refractivity (Wildman–Crippen MR) is 62.4 cm³/mol. The molecule has 0 amide bonds. The van der Waals surface area contributed by atoms with Crippen LogP contribution in [0.25, 0.3) is 0 Å². The molecule has 15 heavy (non-hydrogen) atoms. The maximum Gasteiger partial charge on any atom is 0.183 e. The van der Waals surface area contributed by atoms with E-state index in [9.17, 15) is 4.79 Å². The highest BCUT2D eigenvalue weighted by Crippen LogP contribution is 2.11. The summed E-state index contributed by atoms with van der Waals surface area (Å²) in [5.74, 6) is 0.0316. The molecule has 0 unspecified atom stereocenters. The SMILES string of the molecule is CC.CCCC(=O)c1nnc(Cl)cc1C. The number of aromatic nitrogens is 2. The zero-order valence-corrected chi connectivity index (χ0v) is 10.4. The van der Waals surface area contributed by atoms with Crippen molar-refractivity contribution < 1.29 is 4.79 Å². The fourth-order valence-corrected chi connectivity index (χ4v) is 1.28. The molecule has 4 heteroatoms. The summed E-state index contributed by atoms with van der Waals surface area (Å²) in [6, 6.07) is 1.65. The number of ketones is 1. The Hall–Kier alpha value is -0.960. The molecule has 1 aromatic rings. The summed E-state index contributed by atoms with van der Waals surface area (Å²) in [5, 5.41) is 7.73. The summed E-state index contributed by atoms with van der Waals surface area (Å²) >= 11 is 5.61. The number of halogens is 1. The van der Waals surface area contributed by atoms with Gasteiger partial charge in [0.2, 0.25) is 0 Å². The molecular weight excluding hydrogens is 212 g/mol. The van der Waals surface area contributed by atoms with Gasteiger partial charge in [0.25, 0.3) is 0 Å². The second kappa shape index (κ2) is 7.35. The second-order valence-electron chi connectivity index (χ2n) is 2.87. The minimum atomic E-state index is 0.0316. The van der Waals surface area contributed by atoms with E-state index in [0.717, 1.165) is 12.0 Å². The third-order valence-electron chi connectivity index (χ3n) is 1.70. The van der Waals surface area contributed by atoms with Crippen LogP contribution in [0, 0.1) is 6.92 Å². The Kier molecular flexibility index (Phi) is 6.88. The summed E-state index contributed by atoms with van der Waals surface area (Å²) in [7, 11) is 0. The van der Waals surface area contributed by atoms with E-state index in [2.05, 4.69) is 10.2 Å². The quantitative estimate of drug-likeness (QED) is 0.745. The monoisotopic (exact) mass is 228 g/mol. The molecule has 0 N–H and O–H groups in total. The van der Waals surface area contributed by atoms with E-state index in [4.69, 9.17) is 11.6 Å². The highest BCUT2D eigenvalue weighted by atomic mass is 35.5.